The van der Waals surface area contributed by atoms with Gasteiger partial charge in [0.2, 0.25) is 10.4 Å². The number of anilines is 1. The molecule has 2 rings (SSSR count). The van der Waals surface area contributed by atoms with Crippen molar-refractivity contribution in [3.8, 4) is 0 Å². The Morgan fingerprint density at radius 3 is 2.69 bits per heavy atom. The number of nitrogens with zero attached hydrogens (tertiary/aromatic N) is 7. The van der Waals surface area contributed by atoms with E-state index in [0.717, 1.165) is 0 Å². The first-order valence-corrected chi connectivity index (χ1v) is 8.36. The SMILES string of the molecule is CN(CCOS(=O)(=O)[O-])c1ccc(N=Nc2ncn(C)n2)c([N+](=O)[O-])c1. The van der Waals surface area contributed by atoms with E-state index < -0.39 is 15.3 Å². The van der Waals surface area contributed by atoms with Crippen molar-refractivity contribution < 1.29 is 22.1 Å². The summed E-state index contributed by atoms with van der Waals surface area (Å²) >= 11 is 0. The fourth-order valence-corrected chi connectivity index (χ4v) is 2.14. The lowest BCUT2D eigenvalue weighted by Gasteiger charge is -2.19. The zero-order valence-corrected chi connectivity index (χ0v) is 14.5. The smallest absolute Gasteiger partial charge is 0.298 e. The topological polar surface area (TPSA) is 168 Å². The molecule has 0 N–H and O–H groups in total. The van der Waals surface area contributed by atoms with Gasteiger partial charge in [0.1, 0.15) is 6.33 Å². The molecule has 0 aliphatic heterocycles. The van der Waals surface area contributed by atoms with Crippen LogP contribution in [0.2, 0.25) is 0 Å². The van der Waals surface area contributed by atoms with Crippen molar-refractivity contribution in [3.05, 3.63) is 34.6 Å². The molecular weight excluding hydrogens is 370 g/mol. The Hall–Kier alpha value is -2.97. The monoisotopic (exact) mass is 384 g/mol. The minimum Gasteiger partial charge on any atom is -0.726 e. The molecule has 13 nitrogen and oxygen atoms in total. The van der Waals surface area contributed by atoms with Crippen LogP contribution in [0.1, 0.15) is 0 Å². The highest BCUT2D eigenvalue weighted by molar-refractivity contribution is 7.80. The van der Waals surface area contributed by atoms with Gasteiger partial charge in [-0.2, -0.15) is 4.98 Å². The molecule has 0 saturated heterocycles. The van der Waals surface area contributed by atoms with Crippen LogP contribution in [0.4, 0.5) is 23.0 Å². The summed E-state index contributed by atoms with van der Waals surface area (Å²) < 4.78 is 36.7. The summed E-state index contributed by atoms with van der Waals surface area (Å²) in [5.74, 6) is 0.0546. The molecule has 0 saturated carbocycles. The van der Waals surface area contributed by atoms with Gasteiger partial charge in [0.05, 0.1) is 11.5 Å². The summed E-state index contributed by atoms with van der Waals surface area (Å²) in [5.41, 5.74) is 0.0860. The fourth-order valence-electron chi connectivity index (χ4n) is 1.86. The van der Waals surface area contributed by atoms with Crippen LogP contribution in [0.25, 0.3) is 0 Å². The molecule has 14 heteroatoms. The van der Waals surface area contributed by atoms with Crippen LogP contribution in [-0.2, 0) is 21.6 Å². The predicted molar refractivity (Wildman–Crippen MR) is 87.2 cm³/mol. The van der Waals surface area contributed by atoms with Crippen molar-refractivity contribution in [3.63, 3.8) is 0 Å². The van der Waals surface area contributed by atoms with Crippen LogP contribution < -0.4 is 4.90 Å². The second-order valence-electron chi connectivity index (χ2n) is 5.00. The molecule has 0 atom stereocenters. The molecule has 140 valence electrons. The number of azo groups is 1. The average molecular weight is 384 g/mol. The number of likely N-dealkylation sites (N-methyl/N-ethyl adjacent to an activating group) is 1. The number of hydrogen-bond acceptors (Lipinski definition) is 11. The summed E-state index contributed by atoms with van der Waals surface area (Å²) in [6.45, 7) is -0.361. The van der Waals surface area contributed by atoms with Gasteiger partial charge in [0.25, 0.3) is 11.6 Å². The van der Waals surface area contributed by atoms with E-state index in [2.05, 4.69) is 24.5 Å². The molecule has 0 radical (unpaired) electrons. The number of nitro benzene ring substituents is 1. The minimum atomic E-state index is -4.79. The zero-order chi connectivity index (χ0) is 19.3. The molecule has 0 bridgehead atoms. The van der Waals surface area contributed by atoms with Crippen LogP contribution in [0, 0.1) is 10.1 Å². The molecule has 0 unspecified atom stereocenters. The van der Waals surface area contributed by atoms with Gasteiger partial charge in [-0.1, -0.05) is 0 Å². The number of aromatic nitrogens is 3. The van der Waals surface area contributed by atoms with E-state index in [1.807, 2.05) is 0 Å². The van der Waals surface area contributed by atoms with Crippen molar-refractivity contribution >= 4 is 33.4 Å². The third-order valence-electron chi connectivity index (χ3n) is 3.09. The molecule has 0 amide bonds. The van der Waals surface area contributed by atoms with Gasteiger partial charge >= 0.3 is 0 Å². The number of rotatable bonds is 8. The normalized spacial score (nSPS) is 11.8. The second-order valence-corrected chi connectivity index (χ2v) is 6.05. The molecule has 0 aliphatic carbocycles. The fraction of sp³-hybridized carbons (Fsp3) is 0.333. The van der Waals surface area contributed by atoms with Crippen LogP contribution >= 0.6 is 0 Å². The van der Waals surface area contributed by atoms with E-state index in [1.54, 1.807) is 14.1 Å². The van der Waals surface area contributed by atoms with E-state index in [9.17, 15) is 23.1 Å². The Kier molecular flexibility index (Phi) is 5.91. The van der Waals surface area contributed by atoms with Gasteiger partial charge in [0, 0.05) is 32.4 Å². The number of benzene rings is 1. The summed E-state index contributed by atoms with van der Waals surface area (Å²) in [7, 11) is -1.59. The Morgan fingerprint density at radius 2 is 2.12 bits per heavy atom. The lowest BCUT2D eigenvalue weighted by molar-refractivity contribution is -0.384. The third-order valence-corrected chi connectivity index (χ3v) is 3.54. The first-order valence-electron chi connectivity index (χ1n) is 7.03. The summed E-state index contributed by atoms with van der Waals surface area (Å²) in [6.07, 6.45) is 1.41. The lowest BCUT2D eigenvalue weighted by atomic mass is 10.2. The molecule has 0 fully saturated rings. The molecule has 1 aromatic carbocycles. The highest BCUT2D eigenvalue weighted by Crippen LogP contribution is 2.32. The average Bonchev–Trinajstić information content (AvgIpc) is 2.96. The zero-order valence-electron chi connectivity index (χ0n) is 13.7. The van der Waals surface area contributed by atoms with E-state index in [4.69, 9.17) is 0 Å². The van der Waals surface area contributed by atoms with E-state index in [1.165, 1.54) is 34.1 Å². The molecule has 26 heavy (non-hydrogen) atoms. The summed E-state index contributed by atoms with van der Waals surface area (Å²) in [4.78, 5) is 15.9. The van der Waals surface area contributed by atoms with Crippen molar-refractivity contribution in [1.82, 2.24) is 14.8 Å². The molecule has 0 spiro atoms. The highest BCUT2D eigenvalue weighted by Gasteiger charge is 2.16. The number of hydrogen-bond donors (Lipinski definition) is 0. The van der Waals surface area contributed by atoms with Crippen molar-refractivity contribution in [1.29, 1.82) is 0 Å². The van der Waals surface area contributed by atoms with E-state index in [0.29, 0.717) is 5.69 Å². The van der Waals surface area contributed by atoms with Crippen LogP contribution in [0.5, 0.6) is 0 Å². The Labute approximate surface area is 148 Å². The van der Waals surface area contributed by atoms with Crippen molar-refractivity contribution in [2.45, 2.75) is 0 Å². The first-order chi connectivity index (χ1) is 12.2. The quantitative estimate of drug-likeness (QED) is 0.212. The van der Waals surface area contributed by atoms with Gasteiger partial charge in [-0.05, 0) is 12.1 Å². The maximum Gasteiger partial charge on any atom is 0.298 e. The molecular formula is C12H14N7O6S-. The van der Waals surface area contributed by atoms with E-state index >= 15 is 0 Å². The predicted octanol–water partition coefficient (Wildman–Crippen LogP) is 1.05. The van der Waals surface area contributed by atoms with Crippen molar-refractivity contribution in [2.24, 2.45) is 17.3 Å². The molecule has 1 heterocycles. The van der Waals surface area contributed by atoms with Gasteiger partial charge in [-0.15, -0.1) is 15.3 Å². The maximum absolute atomic E-state index is 11.3. The first kappa shape index (κ1) is 19.4. The largest absolute Gasteiger partial charge is 0.726 e. The molecule has 1 aromatic heterocycles. The lowest BCUT2D eigenvalue weighted by Crippen LogP contribution is -2.23. The minimum absolute atomic E-state index is 0.00186. The van der Waals surface area contributed by atoms with E-state index in [-0.39, 0.29) is 30.5 Å². The maximum atomic E-state index is 11.3. The van der Waals surface area contributed by atoms with Gasteiger partial charge in [-0.3, -0.25) is 19.0 Å². The summed E-state index contributed by atoms with van der Waals surface area (Å²) in [6, 6.07) is 4.15. The molecule has 2 aromatic rings. The second kappa shape index (κ2) is 7.94. The van der Waals surface area contributed by atoms with Gasteiger partial charge in [-0.25, -0.2) is 8.42 Å². The van der Waals surface area contributed by atoms with Crippen LogP contribution in [0.15, 0.2) is 34.8 Å². The highest BCUT2D eigenvalue weighted by atomic mass is 32.3. The Morgan fingerprint density at radius 1 is 1.38 bits per heavy atom. The van der Waals surface area contributed by atoms with Crippen molar-refractivity contribution in [2.75, 3.05) is 25.1 Å². The standard InChI is InChI=1S/C12H15N7O6S/c1-17(5-6-25-26(22,23)24)9-3-4-10(11(7-9)19(20)21)14-15-12-13-8-18(2)16-12/h3-4,7-8H,5-6H2,1-2H3,(H,22,23,24)/p-1. The van der Waals surface area contributed by atoms with Crippen LogP contribution in [-0.4, -0.2) is 52.9 Å². The summed E-state index contributed by atoms with van der Waals surface area (Å²) in [5, 5.41) is 22.7. The molecule has 0 aliphatic rings. The van der Waals surface area contributed by atoms with Gasteiger partial charge < -0.3 is 9.45 Å². The Bertz CT molecular complexity index is 926. The van der Waals surface area contributed by atoms with Gasteiger partial charge in [0.15, 0.2) is 5.69 Å². The Balaban J connectivity index is 2.17. The van der Waals surface area contributed by atoms with Crippen LogP contribution in [0.3, 0.4) is 0 Å². The number of aryl methyl sites for hydroxylation is 1. The number of nitro groups is 1. The third kappa shape index (κ3) is 5.54.